The Balaban J connectivity index is 2.24. The molecule has 1 aliphatic carbocycles. The Bertz CT molecular complexity index is 366. The van der Waals surface area contributed by atoms with Gasteiger partial charge in [-0.05, 0) is 56.7 Å². The fourth-order valence-corrected chi connectivity index (χ4v) is 2.77. The molecule has 1 saturated carbocycles. The number of nitrogens with one attached hydrogen (secondary N) is 1. The van der Waals surface area contributed by atoms with E-state index >= 15 is 0 Å². The van der Waals surface area contributed by atoms with Gasteiger partial charge in [0.15, 0.2) is 0 Å². The van der Waals surface area contributed by atoms with Gasteiger partial charge < -0.3 is 5.32 Å². The lowest BCUT2D eigenvalue weighted by molar-refractivity contribution is 0.368. The summed E-state index contributed by atoms with van der Waals surface area (Å²) in [5, 5.41) is 3.50. The molecule has 2 unspecified atom stereocenters. The predicted octanol–water partition coefficient (Wildman–Crippen LogP) is 3.61. The standard InChI is InChI=1S/C15H23N/c1-10-5-8-14(11(2)9-10)15(16-4)12(3)13-6-7-13/h5,8-9,12-13,15-16H,6-7H2,1-4H3. The van der Waals surface area contributed by atoms with E-state index in [1.165, 1.54) is 29.5 Å². The summed E-state index contributed by atoms with van der Waals surface area (Å²) in [5.41, 5.74) is 4.26. The second kappa shape index (κ2) is 4.58. The van der Waals surface area contributed by atoms with Crippen LogP contribution in [0.25, 0.3) is 0 Å². The SMILES string of the molecule is CNC(c1ccc(C)cc1C)C(C)C1CC1. The maximum absolute atomic E-state index is 3.50. The fraction of sp³-hybridized carbons (Fsp3) is 0.600. The molecule has 0 aliphatic heterocycles. The zero-order valence-corrected chi connectivity index (χ0v) is 10.9. The van der Waals surface area contributed by atoms with Gasteiger partial charge in [0.05, 0.1) is 0 Å². The summed E-state index contributed by atoms with van der Waals surface area (Å²) in [6.45, 7) is 6.78. The van der Waals surface area contributed by atoms with Crippen molar-refractivity contribution in [2.75, 3.05) is 7.05 Å². The molecule has 16 heavy (non-hydrogen) atoms. The minimum absolute atomic E-state index is 0.521. The van der Waals surface area contributed by atoms with E-state index in [2.05, 4.69) is 51.3 Å². The Kier molecular flexibility index (Phi) is 3.34. The van der Waals surface area contributed by atoms with Gasteiger partial charge in [-0.25, -0.2) is 0 Å². The molecule has 1 aliphatic rings. The summed E-state index contributed by atoms with van der Waals surface area (Å²) in [5.74, 6) is 1.70. The first-order chi connectivity index (χ1) is 7.63. The van der Waals surface area contributed by atoms with Crippen LogP contribution < -0.4 is 5.32 Å². The Morgan fingerprint density at radius 2 is 1.94 bits per heavy atom. The average molecular weight is 217 g/mol. The van der Waals surface area contributed by atoms with Crippen molar-refractivity contribution < 1.29 is 0 Å². The normalized spacial score (nSPS) is 19.5. The van der Waals surface area contributed by atoms with E-state index in [0.29, 0.717) is 6.04 Å². The third kappa shape index (κ3) is 2.30. The van der Waals surface area contributed by atoms with Crippen LogP contribution in [0.1, 0.15) is 42.5 Å². The predicted molar refractivity (Wildman–Crippen MR) is 69.6 cm³/mol. The number of hydrogen-bond acceptors (Lipinski definition) is 1. The first-order valence-corrected chi connectivity index (χ1v) is 6.38. The number of aryl methyl sites for hydroxylation is 2. The minimum Gasteiger partial charge on any atom is -0.313 e. The quantitative estimate of drug-likeness (QED) is 0.812. The average Bonchev–Trinajstić information content (AvgIpc) is 3.05. The van der Waals surface area contributed by atoms with Gasteiger partial charge in [0, 0.05) is 6.04 Å². The second-order valence-corrected chi connectivity index (χ2v) is 5.32. The van der Waals surface area contributed by atoms with Crippen LogP contribution in [0, 0.1) is 25.7 Å². The first-order valence-electron chi connectivity index (χ1n) is 6.38. The summed E-state index contributed by atoms with van der Waals surface area (Å²) < 4.78 is 0. The van der Waals surface area contributed by atoms with E-state index in [0.717, 1.165) is 11.8 Å². The smallest absolute Gasteiger partial charge is 0.0348 e. The zero-order chi connectivity index (χ0) is 11.7. The highest BCUT2D eigenvalue weighted by Crippen LogP contribution is 2.43. The fourth-order valence-electron chi connectivity index (χ4n) is 2.77. The number of hydrogen-bond donors (Lipinski definition) is 1. The van der Waals surface area contributed by atoms with Crippen molar-refractivity contribution in [1.82, 2.24) is 5.32 Å². The van der Waals surface area contributed by atoms with Gasteiger partial charge in [0.2, 0.25) is 0 Å². The molecule has 0 saturated heterocycles. The van der Waals surface area contributed by atoms with Crippen molar-refractivity contribution in [2.45, 2.75) is 39.7 Å². The van der Waals surface area contributed by atoms with Crippen LogP contribution in [0.4, 0.5) is 0 Å². The second-order valence-electron chi connectivity index (χ2n) is 5.32. The van der Waals surface area contributed by atoms with Gasteiger partial charge in [0.25, 0.3) is 0 Å². The van der Waals surface area contributed by atoms with Crippen LogP contribution in [0.3, 0.4) is 0 Å². The lowest BCUT2D eigenvalue weighted by Crippen LogP contribution is -2.25. The molecule has 1 heteroatoms. The lowest BCUT2D eigenvalue weighted by Gasteiger charge is -2.25. The van der Waals surface area contributed by atoms with E-state index in [-0.39, 0.29) is 0 Å². The van der Waals surface area contributed by atoms with Crippen molar-refractivity contribution in [3.8, 4) is 0 Å². The monoisotopic (exact) mass is 217 g/mol. The topological polar surface area (TPSA) is 12.0 Å². The largest absolute Gasteiger partial charge is 0.313 e. The summed E-state index contributed by atoms with van der Waals surface area (Å²) in [4.78, 5) is 0. The van der Waals surface area contributed by atoms with Crippen LogP contribution in [0.2, 0.25) is 0 Å². The molecular formula is C15H23N. The Morgan fingerprint density at radius 3 is 2.44 bits per heavy atom. The summed E-state index contributed by atoms with van der Waals surface area (Å²) in [6, 6.07) is 7.34. The van der Waals surface area contributed by atoms with Crippen molar-refractivity contribution in [2.24, 2.45) is 11.8 Å². The number of rotatable bonds is 4. The molecule has 0 heterocycles. The Morgan fingerprint density at radius 1 is 1.25 bits per heavy atom. The van der Waals surface area contributed by atoms with Gasteiger partial charge in [-0.15, -0.1) is 0 Å². The highest BCUT2D eigenvalue weighted by molar-refractivity contribution is 5.33. The molecule has 1 fully saturated rings. The summed E-state index contributed by atoms with van der Waals surface area (Å²) in [6.07, 6.45) is 2.84. The van der Waals surface area contributed by atoms with Crippen molar-refractivity contribution in [3.05, 3.63) is 34.9 Å². The summed E-state index contributed by atoms with van der Waals surface area (Å²) in [7, 11) is 2.09. The van der Waals surface area contributed by atoms with E-state index in [1.807, 2.05) is 0 Å². The van der Waals surface area contributed by atoms with Crippen LogP contribution in [-0.4, -0.2) is 7.05 Å². The molecule has 0 aromatic heterocycles. The molecule has 1 nitrogen and oxygen atoms in total. The minimum atomic E-state index is 0.521. The maximum Gasteiger partial charge on any atom is 0.0348 e. The molecule has 2 atom stereocenters. The van der Waals surface area contributed by atoms with Crippen LogP contribution in [0.5, 0.6) is 0 Å². The molecule has 1 aromatic carbocycles. The first kappa shape index (κ1) is 11.7. The Labute approximate surface area is 99.3 Å². The number of benzene rings is 1. The Hall–Kier alpha value is -0.820. The van der Waals surface area contributed by atoms with Gasteiger partial charge in [0.1, 0.15) is 0 Å². The molecule has 0 bridgehead atoms. The maximum atomic E-state index is 3.50. The highest BCUT2D eigenvalue weighted by atomic mass is 14.9. The van der Waals surface area contributed by atoms with Crippen molar-refractivity contribution >= 4 is 0 Å². The molecule has 0 spiro atoms. The molecule has 0 radical (unpaired) electrons. The van der Waals surface area contributed by atoms with E-state index in [9.17, 15) is 0 Å². The third-order valence-corrected chi connectivity index (χ3v) is 3.96. The van der Waals surface area contributed by atoms with E-state index in [1.54, 1.807) is 0 Å². The molecule has 1 aromatic rings. The molecule has 2 rings (SSSR count). The van der Waals surface area contributed by atoms with E-state index < -0.39 is 0 Å². The van der Waals surface area contributed by atoms with Crippen LogP contribution >= 0.6 is 0 Å². The van der Waals surface area contributed by atoms with Gasteiger partial charge in [-0.1, -0.05) is 30.7 Å². The van der Waals surface area contributed by atoms with Crippen LogP contribution in [-0.2, 0) is 0 Å². The van der Waals surface area contributed by atoms with Gasteiger partial charge in [-0.2, -0.15) is 0 Å². The third-order valence-electron chi connectivity index (χ3n) is 3.96. The molecule has 1 N–H and O–H groups in total. The van der Waals surface area contributed by atoms with Crippen molar-refractivity contribution in [3.63, 3.8) is 0 Å². The molecule has 0 amide bonds. The van der Waals surface area contributed by atoms with E-state index in [4.69, 9.17) is 0 Å². The lowest BCUT2D eigenvalue weighted by atomic mass is 9.88. The zero-order valence-electron chi connectivity index (χ0n) is 10.9. The van der Waals surface area contributed by atoms with Crippen molar-refractivity contribution in [1.29, 1.82) is 0 Å². The molecule has 88 valence electrons. The molecular weight excluding hydrogens is 194 g/mol. The summed E-state index contributed by atoms with van der Waals surface area (Å²) >= 11 is 0. The van der Waals surface area contributed by atoms with Gasteiger partial charge in [-0.3, -0.25) is 0 Å². The highest BCUT2D eigenvalue weighted by Gasteiger charge is 2.33. The van der Waals surface area contributed by atoms with Crippen LogP contribution in [0.15, 0.2) is 18.2 Å². The van der Waals surface area contributed by atoms with Gasteiger partial charge >= 0.3 is 0 Å².